The van der Waals surface area contributed by atoms with Crippen LogP contribution in [-0.2, 0) is 42.0 Å². The number of carbonyl (C=O) groups excluding carboxylic acids is 2. The number of aliphatic hydroxyl groups excluding tert-OH is 1. The fourth-order valence-electron chi connectivity index (χ4n) is 30.0. The van der Waals surface area contributed by atoms with Crippen LogP contribution in [0.2, 0.25) is 36.3 Å². The molecule has 4 saturated heterocycles. The zero-order valence-electron chi connectivity index (χ0n) is 71.0. The van der Waals surface area contributed by atoms with E-state index < -0.39 is 45.3 Å². The summed E-state index contributed by atoms with van der Waals surface area (Å²) in [5, 5.41) is 21.5. The Morgan fingerprint density at radius 1 is 0.591 bits per heavy atom. The van der Waals surface area contributed by atoms with E-state index in [0.717, 1.165) is 99.1 Å². The highest BCUT2D eigenvalue weighted by Crippen LogP contribution is 2.92. The van der Waals surface area contributed by atoms with Crippen LogP contribution in [0.1, 0.15) is 266 Å². The minimum absolute atomic E-state index is 0.00467. The normalized spacial score (nSPS) is 44.7. The lowest BCUT2D eigenvalue weighted by atomic mass is 9.41. The molecule has 1 aromatic rings. The molecule has 28 atom stereocenters. The topological polar surface area (TPSA) is 216 Å². The number of benzene rings is 1. The van der Waals surface area contributed by atoms with E-state index in [1.165, 1.54) is 127 Å². The van der Waals surface area contributed by atoms with E-state index in [2.05, 4.69) is 129 Å². The van der Waals surface area contributed by atoms with Crippen molar-refractivity contribution in [1.29, 1.82) is 0 Å². The molecular formula is C90H145ClN2O15Si2. The average molecular weight is 1590 g/mol. The van der Waals surface area contributed by atoms with Crippen molar-refractivity contribution in [3.05, 3.63) is 58.7 Å². The Hall–Kier alpha value is -2.80. The van der Waals surface area contributed by atoms with Crippen molar-refractivity contribution in [2.75, 3.05) is 13.2 Å². The first-order chi connectivity index (χ1) is 51.9. The fraction of sp³-hybridized carbons (Fsp3) is 0.867. The maximum atomic E-state index is 12.1. The van der Waals surface area contributed by atoms with Gasteiger partial charge in [0.15, 0.2) is 35.3 Å². The Labute approximate surface area is 668 Å². The third kappa shape index (κ3) is 13.5. The van der Waals surface area contributed by atoms with Gasteiger partial charge in [0, 0.05) is 47.8 Å². The summed E-state index contributed by atoms with van der Waals surface area (Å²) >= 11 is 4.92. The number of carbonyl (C=O) groups is 2. The maximum absolute atomic E-state index is 12.1. The standard InChI is InChI=1S/C42H71NO6Si.C41H70O5Si.C7H4ClNO4/c1-11-50(12-2,13-3)49-36-35-33(27(6)24-28(46-35)34(26(4)5)48-37(43)44)39(9)21-22-42-25-41(42)20-19-31(47-32-16-14-15-23-45-32)38(7,8)29(41)17-18-30(42)40(36,39)10;1-11-47(12-2,13-3)46-36-35-33(27(6)24-28(44-35)34(42)26(4)5)38(9)21-22-41-25-40(41)20-19-31(45-32-16-14-15-23-43-32)37(7,8)29(40)17-18-30(41)39(36,38)10;8-7(10)13-6-3-1-5(2-4-6)9(11)12/h27-36H,4,11-25H2,1-3,5-10H3,(H2,43,44);27-36,42H,4,11-25H2,1-3,5-10H3;1-4H/t27-,28-,29+,30+,31?,32+,33+,34-,35+,36+,39-,40-,41-,42?;27-,28-,29+,30+,31?,32+,33+,34-,35+,36+,38-,39-,40-,41?;/m11./s1. The van der Waals surface area contributed by atoms with Crippen LogP contribution >= 0.6 is 11.6 Å². The highest BCUT2D eigenvalue weighted by atomic mass is 35.5. The van der Waals surface area contributed by atoms with Crippen molar-refractivity contribution in [2.24, 2.45) is 107 Å². The minimum atomic E-state index is -2.02. The summed E-state index contributed by atoms with van der Waals surface area (Å²) in [6, 6.07) is 11.9. The first-order valence-electron chi connectivity index (χ1n) is 44.2. The quantitative estimate of drug-likeness (QED) is 0.0292. The van der Waals surface area contributed by atoms with Crippen LogP contribution in [0.5, 0.6) is 5.75 Å². The van der Waals surface area contributed by atoms with Crippen molar-refractivity contribution < 1.29 is 66.4 Å². The molecule has 10 saturated carbocycles. The number of primary amides is 1. The number of nitrogens with zero attached hydrogens (tertiary/aromatic N) is 1. The van der Waals surface area contributed by atoms with E-state index in [-0.39, 0.29) is 99.2 Å². The Morgan fingerprint density at radius 3 is 1.35 bits per heavy atom. The molecule has 14 aliphatic rings. The number of halogens is 1. The van der Waals surface area contributed by atoms with Gasteiger partial charge < -0.3 is 57.6 Å². The number of nitrogens with two attached hydrogens (primary N) is 1. The highest BCUT2D eigenvalue weighted by Gasteiger charge is 2.87. The molecule has 3 N–H and O–H groups in total. The van der Waals surface area contributed by atoms with Gasteiger partial charge in [-0.2, -0.15) is 0 Å². The van der Waals surface area contributed by atoms with E-state index in [4.69, 9.17) is 59.3 Å². The van der Waals surface area contributed by atoms with Crippen molar-refractivity contribution in [3.63, 3.8) is 0 Å². The number of nitro groups is 1. The first-order valence-corrected chi connectivity index (χ1v) is 49.6. The van der Waals surface area contributed by atoms with Gasteiger partial charge in [0.2, 0.25) is 0 Å². The van der Waals surface area contributed by atoms with Gasteiger partial charge in [0.25, 0.3) is 5.69 Å². The predicted octanol–water partition coefficient (Wildman–Crippen LogP) is 21.8. The molecule has 1 amide bonds. The summed E-state index contributed by atoms with van der Waals surface area (Å²) in [5.41, 5.74) is 8.40. The minimum Gasteiger partial charge on any atom is -0.439 e. The number of amides is 1. The third-order valence-corrected chi connectivity index (χ3v) is 45.5. The number of fused-ring (bicyclic) bond motifs is 8. The molecular weight excluding hydrogens is 1440 g/mol. The van der Waals surface area contributed by atoms with Crippen molar-refractivity contribution in [2.45, 2.75) is 376 Å². The third-order valence-electron chi connectivity index (χ3n) is 36.2. The second kappa shape index (κ2) is 31.2. The summed E-state index contributed by atoms with van der Waals surface area (Å²) in [4.78, 5) is 32.0. The smallest absolute Gasteiger partial charge is 0.409 e. The van der Waals surface area contributed by atoms with Crippen LogP contribution in [0.25, 0.3) is 0 Å². The lowest BCUT2D eigenvalue weighted by Gasteiger charge is -2.64. The van der Waals surface area contributed by atoms with Gasteiger partial charge in [0.1, 0.15) is 11.9 Å². The number of rotatable bonds is 21. The van der Waals surface area contributed by atoms with E-state index in [1.54, 1.807) is 0 Å². The van der Waals surface area contributed by atoms with E-state index in [1.807, 2.05) is 13.8 Å². The Bertz CT molecular complexity index is 3490. The number of ether oxygens (including phenoxy) is 8. The molecule has 4 aliphatic heterocycles. The molecule has 4 spiro atoms. The fourth-order valence-corrected chi connectivity index (χ4v) is 36.0. The molecule has 10 aliphatic carbocycles. The molecule has 620 valence electrons. The zero-order chi connectivity index (χ0) is 79.7. The van der Waals surface area contributed by atoms with E-state index >= 15 is 0 Å². The van der Waals surface area contributed by atoms with Gasteiger partial charge in [0.05, 0.1) is 53.8 Å². The van der Waals surface area contributed by atoms with Crippen LogP contribution in [0.15, 0.2) is 48.6 Å². The van der Waals surface area contributed by atoms with E-state index in [0.29, 0.717) is 75.1 Å². The molecule has 110 heavy (non-hydrogen) atoms. The number of aliphatic hydroxyl groups is 1. The monoisotopic (exact) mass is 1580 g/mol. The summed E-state index contributed by atoms with van der Waals surface area (Å²) in [6.07, 6.45) is 25.0. The van der Waals surface area contributed by atoms with Gasteiger partial charge in [-0.05, 0) is 305 Å². The molecule has 14 fully saturated rings. The Balaban J connectivity index is 0.000000166. The molecule has 0 bridgehead atoms. The Morgan fingerprint density at radius 2 is 0.991 bits per heavy atom. The second-order valence-corrected chi connectivity index (χ2v) is 50.5. The van der Waals surface area contributed by atoms with Gasteiger partial charge in [-0.15, -0.1) is 0 Å². The number of nitro benzene ring substituents is 1. The lowest BCUT2D eigenvalue weighted by molar-refractivity contribution is -0.384. The number of non-ortho nitro benzene ring substituents is 1. The van der Waals surface area contributed by atoms with Crippen molar-refractivity contribution in [1.82, 2.24) is 0 Å². The first kappa shape index (κ1) is 85.1. The van der Waals surface area contributed by atoms with Crippen LogP contribution in [0.4, 0.5) is 15.3 Å². The molecule has 4 unspecified atom stereocenters. The van der Waals surface area contributed by atoms with Gasteiger partial charge in [-0.3, -0.25) is 10.1 Å². The number of hydrogen-bond donors (Lipinski definition) is 2. The largest absolute Gasteiger partial charge is 0.439 e. The predicted molar refractivity (Wildman–Crippen MR) is 436 cm³/mol. The molecule has 20 heteroatoms. The van der Waals surface area contributed by atoms with Crippen LogP contribution in [0.3, 0.4) is 0 Å². The molecule has 4 heterocycles. The van der Waals surface area contributed by atoms with Gasteiger partial charge >= 0.3 is 11.5 Å². The van der Waals surface area contributed by atoms with Crippen LogP contribution in [-0.4, -0.2) is 125 Å². The van der Waals surface area contributed by atoms with Crippen molar-refractivity contribution >= 4 is 45.4 Å². The number of hydrogen-bond acceptors (Lipinski definition) is 15. The van der Waals surface area contributed by atoms with E-state index in [9.17, 15) is 24.8 Å². The maximum Gasteiger partial charge on any atom is 0.409 e. The summed E-state index contributed by atoms with van der Waals surface area (Å²) in [5.74, 6) is 4.59. The van der Waals surface area contributed by atoms with Gasteiger partial charge in [-0.1, -0.05) is 124 Å². The lowest BCUT2D eigenvalue weighted by Crippen LogP contribution is -2.61. The summed E-state index contributed by atoms with van der Waals surface area (Å²) in [7, 11) is -3.98. The molecule has 15 rings (SSSR count). The van der Waals surface area contributed by atoms with Crippen molar-refractivity contribution in [3.8, 4) is 5.75 Å². The summed E-state index contributed by atoms with van der Waals surface area (Å²) in [6.45, 7) is 54.0. The molecule has 0 aromatic heterocycles. The average Bonchev–Trinajstić information content (AvgIpc) is 1.46. The van der Waals surface area contributed by atoms with Gasteiger partial charge in [-0.25, -0.2) is 9.59 Å². The Kier molecular flexibility index (Phi) is 24.1. The molecule has 17 nitrogen and oxygen atoms in total. The SMILES string of the molecule is C=C(C)[C@@H](O)[C@H]1C[C@@H](C)[C@H]2[C@H](O1)[C@H](O[Si](CC)(CC)CC)[C@@]1(C)[C@@H]3CC[C@H]4C(C)(C)C(O[C@H]5CCCCO5)CC[C@@]45CC35CC[C@]21C.C=C(C)[C@@H](OC(N)=O)[C@H]1C[C@@H](C)[C@H]2[C@H](O1)[C@H](O[Si](CC)(CC)CC)[C@@]1(C)[C@@H]3CC[C@H]4C(C)(C)C(O[C@H]5CCCCO5)CC[C@@]45CC35CC[C@]21C.O=C(Cl)Oc1ccc([N+](=O)[O-])cc1. The highest BCUT2D eigenvalue weighted by molar-refractivity contribution is 6.74. The molecule has 0 radical (unpaired) electrons. The zero-order valence-corrected chi connectivity index (χ0v) is 73.8. The second-order valence-electron chi connectivity index (χ2n) is 40.7. The van der Waals surface area contributed by atoms with Crippen LogP contribution in [0, 0.1) is 112 Å². The van der Waals surface area contributed by atoms with Crippen LogP contribution < -0.4 is 10.5 Å². The molecule has 1 aromatic carbocycles. The summed E-state index contributed by atoms with van der Waals surface area (Å²) < 4.78 is 66.4.